The number of hydrogen-bond donors (Lipinski definition) is 1. The third-order valence-electron chi connectivity index (χ3n) is 3.31. The third kappa shape index (κ3) is 3.54. The maximum Gasteiger partial charge on any atom is 0.119 e. The molecule has 1 fully saturated rings. The number of rotatable bonds is 5. The van der Waals surface area contributed by atoms with Crippen molar-refractivity contribution in [1.82, 2.24) is 10.3 Å². The van der Waals surface area contributed by atoms with Crippen LogP contribution in [0.5, 0.6) is 0 Å². The van der Waals surface area contributed by atoms with Gasteiger partial charge in [0, 0.05) is 23.7 Å². The maximum absolute atomic E-state index is 6.20. The van der Waals surface area contributed by atoms with E-state index >= 15 is 0 Å². The van der Waals surface area contributed by atoms with Crippen LogP contribution in [0.25, 0.3) is 0 Å². The van der Waals surface area contributed by atoms with E-state index in [4.69, 9.17) is 11.6 Å². The second kappa shape index (κ2) is 6.17. The molecule has 0 spiro atoms. The number of aryl methyl sites for hydroxylation is 1. The largest absolute Gasteiger partial charge is 0.310 e. The van der Waals surface area contributed by atoms with E-state index < -0.39 is 0 Å². The molecule has 1 aliphatic carbocycles. The molecule has 1 aliphatic rings. The molecule has 0 radical (unpaired) electrons. The average molecular weight is 305 g/mol. The molecule has 3 rings (SSSR count). The van der Waals surface area contributed by atoms with Gasteiger partial charge in [-0.1, -0.05) is 41.1 Å². The van der Waals surface area contributed by atoms with Crippen LogP contribution in [-0.4, -0.2) is 11.0 Å². The summed E-state index contributed by atoms with van der Waals surface area (Å²) in [4.78, 5) is 5.58. The highest BCUT2D eigenvalue weighted by Crippen LogP contribution is 2.34. The predicted octanol–water partition coefficient (Wildman–Crippen LogP) is 4.45. The molecule has 0 unspecified atom stereocenters. The Morgan fingerprint density at radius 2 is 2.20 bits per heavy atom. The molecule has 0 bridgehead atoms. The monoisotopic (exact) mass is 304 g/mol. The first-order valence-electron chi connectivity index (χ1n) is 6.83. The number of hydrogen-bond acceptors (Lipinski definition) is 3. The molecule has 2 aromatic rings. The number of benzene rings is 1. The van der Waals surface area contributed by atoms with Crippen LogP contribution in [0.1, 0.15) is 24.0 Å². The maximum atomic E-state index is 6.20. The van der Waals surface area contributed by atoms with Gasteiger partial charge in [-0.05, 0) is 43.5 Å². The Hall–Kier alpha value is -1.03. The quantitative estimate of drug-likeness (QED) is 0.883. The molecule has 1 aromatic carbocycles. The van der Waals surface area contributed by atoms with Crippen LogP contribution in [0.4, 0.5) is 0 Å². The molecule has 104 valence electrons. The van der Waals surface area contributed by atoms with Crippen LogP contribution in [0.3, 0.4) is 0 Å². The van der Waals surface area contributed by atoms with Gasteiger partial charge in [-0.15, -0.1) is 0 Å². The minimum absolute atomic E-state index is 0.708. The lowest BCUT2D eigenvalue weighted by Gasteiger charge is -2.11. The number of halogens is 1. The lowest BCUT2D eigenvalue weighted by Crippen LogP contribution is -2.15. The summed E-state index contributed by atoms with van der Waals surface area (Å²) in [6.07, 6.45) is 4.39. The highest BCUT2D eigenvalue weighted by molar-refractivity contribution is 7.99. The fraction of sp³-hybridized carbons (Fsp3) is 0.312. The van der Waals surface area contributed by atoms with Crippen LogP contribution < -0.4 is 5.32 Å². The van der Waals surface area contributed by atoms with Crippen molar-refractivity contribution in [2.24, 2.45) is 0 Å². The van der Waals surface area contributed by atoms with Gasteiger partial charge in [0.25, 0.3) is 0 Å². The fourth-order valence-corrected chi connectivity index (χ4v) is 3.16. The Bertz CT molecular complexity index is 611. The molecule has 4 heteroatoms. The Kier molecular flexibility index (Phi) is 4.29. The van der Waals surface area contributed by atoms with Crippen LogP contribution in [0, 0.1) is 6.92 Å². The van der Waals surface area contributed by atoms with E-state index in [9.17, 15) is 0 Å². The van der Waals surface area contributed by atoms with Crippen molar-refractivity contribution in [3.63, 3.8) is 0 Å². The Morgan fingerprint density at radius 1 is 1.35 bits per heavy atom. The lowest BCUT2D eigenvalue weighted by atomic mass is 10.1. The first-order chi connectivity index (χ1) is 9.72. The SMILES string of the molecule is Cc1ccc(Sc2ncccc2Cl)c(CNC2CC2)c1. The fourth-order valence-electron chi connectivity index (χ4n) is 2.04. The molecular weight excluding hydrogens is 288 g/mol. The van der Waals surface area contributed by atoms with Crippen molar-refractivity contribution in [2.75, 3.05) is 0 Å². The molecule has 0 saturated heterocycles. The summed E-state index contributed by atoms with van der Waals surface area (Å²) in [5, 5.41) is 5.15. The Balaban J connectivity index is 1.82. The summed E-state index contributed by atoms with van der Waals surface area (Å²) < 4.78 is 0. The van der Waals surface area contributed by atoms with Crippen molar-refractivity contribution in [3.05, 3.63) is 52.7 Å². The van der Waals surface area contributed by atoms with E-state index in [1.807, 2.05) is 12.1 Å². The average Bonchev–Trinajstić information content (AvgIpc) is 3.25. The highest BCUT2D eigenvalue weighted by Gasteiger charge is 2.20. The van der Waals surface area contributed by atoms with Gasteiger partial charge >= 0.3 is 0 Å². The molecule has 20 heavy (non-hydrogen) atoms. The lowest BCUT2D eigenvalue weighted by molar-refractivity contribution is 0.680. The molecule has 1 aromatic heterocycles. The first-order valence-corrected chi connectivity index (χ1v) is 8.03. The van der Waals surface area contributed by atoms with E-state index in [-0.39, 0.29) is 0 Å². The van der Waals surface area contributed by atoms with Crippen LogP contribution in [0.15, 0.2) is 46.5 Å². The van der Waals surface area contributed by atoms with Gasteiger partial charge in [0.1, 0.15) is 5.03 Å². The van der Waals surface area contributed by atoms with E-state index in [0.29, 0.717) is 11.1 Å². The minimum atomic E-state index is 0.708. The van der Waals surface area contributed by atoms with Crippen molar-refractivity contribution < 1.29 is 0 Å². The van der Waals surface area contributed by atoms with Gasteiger partial charge in [0.2, 0.25) is 0 Å². The molecule has 1 N–H and O–H groups in total. The zero-order valence-corrected chi connectivity index (χ0v) is 13.0. The predicted molar refractivity (Wildman–Crippen MR) is 84.4 cm³/mol. The second-order valence-electron chi connectivity index (χ2n) is 5.16. The third-order valence-corrected chi connectivity index (χ3v) is 4.86. The Morgan fingerprint density at radius 3 is 2.95 bits per heavy atom. The topological polar surface area (TPSA) is 24.9 Å². The minimum Gasteiger partial charge on any atom is -0.310 e. The summed E-state index contributed by atoms with van der Waals surface area (Å²) in [5.74, 6) is 0. The van der Waals surface area contributed by atoms with Gasteiger partial charge in [-0.25, -0.2) is 4.98 Å². The van der Waals surface area contributed by atoms with E-state index in [2.05, 4.69) is 35.4 Å². The molecule has 1 saturated carbocycles. The van der Waals surface area contributed by atoms with E-state index in [0.717, 1.165) is 11.6 Å². The van der Waals surface area contributed by atoms with Gasteiger partial charge in [-0.3, -0.25) is 0 Å². The smallest absolute Gasteiger partial charge is 0.119 e. The van der Waals surface area contributed by atoms with Crippen LogP contribution in [-0.2, 0) is 6.54 Å². The zero-order chi connectivity index (χ0) is 13.9. The number of pyridine rings is 1. The van der Waals surface area contributed by atoms with Gasteiger partial charge in [0.15, 0.2) is 0 Å². The van der Waals surface area contributed by atoms with Crippen molar-refractivity contribution in [2.45, 2.75) is 42.3 Å². The van der Waals surface area contributed by atoms with Gasteiger partial charge in [0.05, 0.1) is 5.02 Å². The summed E-state index contributed by atoms with van der Waals surface area (Å²) in [7, 11) is 0. The van der Waals surface area contributed by atoms with Gasteiger partial charge < -0.3 is 5.32 Å². The van der Waals surface area contributed by atoms with E-state index in [1.54, 1.807) is 18.0 Å². The summed E-state index contributed by atoms with van der Waals surface area (Å²) in [5.41, 5.74) is 2.61. The number of aromatic nitrogens is 1. The summed E-state index contributed by atoms with van der Waals surface area (Å²) in [6.45, 7) is 3.04. The molecule has 2 nitrogen and oxygen atoms in total. The standard InChI is InChI=1S/C16H17ClN2S/c1-11-4-7-15(12(9-11)10-19-13-5-6-13)20-16-14(17)3-2-8-18-16/h2-4,7-9,13,19H,5-6,10H2,1H3. The van der Waals surface area contributed by atoms with Crippen molar-refractivity contribution in [1.29, 1.82) is 0 Å². The highest BCUT2D eigenvalue weighted by atomic mass is 35.5. The molecular formula is C16H17ClN2S. The van der Waals surface area contributed by atoms with E-state index in [1.165, 1.54) is 28.9 Å². The number of nitrogens with zero attached hydrogens (tertiary/aromatic N) is 1. The van der Waals surface area contributed by atoms with Gasteiger partial charge in [-0.2, -0.15) is 0 Å². The second-order valence-corrected chi connectivity index (χ2v) is 6.60. The molecule has 0 atom stereocenters. The van der Waals surface area contributed by atoms with Crippen LogP contribution >= 0.6 is 23.4 Å². The molecule has 1 heterocycles. The summed E-state index contributed by atoms with van der Waals surface area (Å²) in [6, 6.07) is 11.0. The first kappa shape index (κ1) is 13.9. The van der Waals surface area contributed by atoms with Crippen molar-refractivity contribution >= 4 is 23.4 Å². The Labute approximate surface area is 129 Å². The number of nitrogens with one attached hydrogen (secondary N) is 1. The summed E-state index contributed by atoms with van der Waals surface area (Å²) >= 11 is 7.83. The normalized spacial score (nSPS) is 14.5. The molecule has 0 amide bonds. The molecule has 0 aliphatic heterocycles. The zero-order valence-electron chi connectivity index (χ0n) is 11.4. The van der Waals surface area contributed by atoms with Crippen LogP contribution in [0.2, 0.25) is 5.02 Å². The van der Waals surface area contributed by atoms with Crippen molar-refractivity contribution in [3.8, 4) is 0 Å².